The molecule has 0 amide bonds. The summed E-state index contributed by atoms with van der Waals surface area (Å²) in [5.41, 5.74) is 0. The van der Waals surface area contributed by atoms with E-state index in [0.717, 1.165) is 0 Å². The van der Waals surface area contributed by atoms with Gasteiger partial charge in [0.05, 0.1) is 0 Å². The van der Waals surface area contributed by atoms with Gasteiger partial charge in [0.15, 0.2) is 0 Å². The summed E-state index contributed by atoms with van der Waals surface area (Å²) >= 11 is 0.149. The van der Waals surface area contributed by atoms with Crippen molar-refractivity contribution in [3.8, 4) is 0 Å². The first kappa shape index (κ1) is 30.0. The topological polar surface area (TPSA) is 0 Å². The molecule has 0 aromatic carbocycles. The van der Waals surface area contributed by atoms with Crippen molar-refractivity contribution in [2.45, 2.75) is 48.4 Å². The first-order valence-electron chi connectivity index (χ1n) is 4.12. The Morgan fingerprint density at radius 2 is 1.08 bits per heavy atom. The molecule has 0 fully saturated rings. The summed E-state index contributed by atoms with van der Waals surface area (Å²) in [6.07, 6.45) is 5.84. The molecule has 0 bridgehead atoms. The molecule has 0 heterocycles. The maximum atomic E-state index is 2.29. The van der Waals surface area contributed by atoms with Gasteiger partial charge in [-0.05, 0) is 0 Å². The monoisotopic (exact) mass is 622 g/mol. The second-order valence-electron chi connectivity index (χ2n) is 2.46. The predicted molar refractivity (Wildman–Crippen MR) is 45.2 cm³/mol. The van der Waals surface area contributed by atoms with E-state index in [9.17, 15) is 0 Å². The summed E-state index contributed by atoms with van der Waals surface area (Å²) in [6, 6.07) is 0. The van der Waals surface area contributed by atoms with Gasteiger partial charge in [0.1, 0.15) is 0 Å². The van der Waals surface area contributed by atoms with Crippen molar-refractivity contribution in [3.63, 3.8) is 0 Å². The molecule has 0 aliphatic carbocycles. The van der Waals surface area contributed by atoms with E-state index in [1.54, 1.807) is 8.87 Å². The van der Waals surface area contributed by atoms with E-state index in [4.69, 9.17) is 0 Å². The number of hydrogen-bond acceptors (Lipinski definition) is 0. The van der Waals surface area contributed by atoms with Crippen molar-refractivity contribution >= 4 is 21.1 Å². The minimum atomic E-state index is 0. The van der Waals surface area contributed by atoms with Crippen LogP contribution >= 0.6 is 0 Å². The van der Waals surface area contributed by atoms with Gasteiger partial charge >= 0.3 is 88.4 Å². The van der Waals surface area contributed by atoms with Gasteiger partial charge in [-0.15, -0.1) is 0 Å². The normalized spacial score (nSPS) is 6.31. The maximum Gasteiger partial charge on any atom is 1.00 e. The number of rotatable bonds is 6. The molecular formula is C8H18I3LiSn. The van der Waals surface area contributed by atoms with Crippen molar-refractivity contribution in [1.29, 1.82) is 0 Å². The third-order valence-electron chi connectivity index (χ3n) is 1.41. The summed E-state index contributed by atoms with van der Waals surface area (Å²) < 4.78 is 3.25. The van der Waals surface area contributed by atoms with Gasteiger partial charge in [-0.25, -0.2) is 0 Å². The molecule has 0 aromatic heterocycles. The van der Waals surface area contributed by atoms with Crippen LogP contribution in [-0.4, -0.2) is 21.1 Å². The second kappa shape index (κ2) is 29.6. The van der Waals surface area contributed by atoms with Crippen molar-refractivity contribution < 1.29 is 90.8 Å². The third kappa shape index (κ3) is 31.3. The molecule has 0 unspecified atom stereocenters. The molecular weight excluding hydrogens is 602 g/mol. The van der Waals surface area contributed by atoms with Crippen LogP contribution in [0.25, 0.3) is 0 Å². The summed E-state index contributed by atoms with van der Waals surface area (Å²) in [5, 5.41) is 0. The molecule has 0 saturated heterocycles. The Morgan fingerprint density at radius 3 is 1.31 bits per heavy atom. The Bertz CT molecular complexity index is 52.7. The Hall–Kier alpha value is 3.59. The van der Waals surface area contributed by atoms with E-state index < -0.39 is 0 Å². The molecule has 0 aromatic rings. The summed E-state index contributed by atoms with van der Waals surface area (Å²) in [6.45, 7) is 4.58. The molecule has 0 rings (SSSR count). The zero-order valence-electron chi connectivity index (χ0n) is 8.88. The molecule has 0 aliphatic rings. The first-order valence-corrected chi connectivity index (χ1v) is 8.16. The van der Waals surface area contributed by atoms with Crippen molar-refractivity contribution in [2.75, 3.05) is 0 Å². The largest absolute Gasteiger partial charge is 1.00 e. The van der Waals surface area contributed by atoms with Gasteiger partial charge in [-0.2, -0.15) is 0 Å². The van der Waals surface area contributed by atoms with Crippen LogP contribution in [0.5, 0.6) is 0 Å². The summed E-state index contributed by atoms with van der Waals surface area (Å²) in [7, 11) is 0. The Morgan fingerprint density at radius 1 is 0.769 bits per heavy atom. The fraction of sp³-hybridized carbons (Fsp3) is 1.00. The molecule has 0 N–H and O–H groups in total. The van der Waals surface area contributed by atoms with E-state index in [-0.39, 0.29) is 112 Å². The van der Waals surface area contributed by atoms with Gasteiger partial charge < -0.3 is 71.9 Å². The number of hydrogen-bond donors (Lipinski definition) is 0. The molecule has 0 spiro atoms. The van der Waals surface area contributed by atoms with Crippen LogP contribution in [0.4, 0.5) is 0 Å². The van der Waals surface area contributed by atoms with Crippen LogP contribution in [0.2, 0.25) is 8.87 Å². The fourth-order valence-electron chi connectivity index (χ4n) is 0.729. The number of halogens is 3. The van der Waals surface area contributed by atoms with E-state index in [1.807, 2.05) is 0 Å². The molecule has 0 nitrogen and oxygen atoms in total. The molecule has 0 atom stereocenters. The maximum absolute atomic E-state index is 2.29. The smallest absolute Gasteiger partial charge is 1.00 e. The van der Waals surface area contributed by atoms with Crippen LogP contribution in [0.3, 0.4) is 0 Å². The zero-order chi connectivity index (χ0) is 6.95. The van der Waals surface area contributed by atoms with E-state index in [1.165, 1.54) is 25.7 Å². The van der Waals surface area contributed by atoms with Gasteiger partial charge in [0.25, 0.3) is 0 Å². The van der Waals surface area contributed by atoms with Gasteiger partial charge in [-0.1, -0.05) is 0 Å². The molecule has 0 saturated carbocycles. The van der Waals surface area contributed by atoms with Gasteiger partial charge in [-0.3, -0.25) is 0 Å². The van der Waals surface area contributed by atoms with Crippen LogP contribution in [0, 0.1) is 0 Å². The number of unbranched alkanes of at least 4 members (excludes halogenated alkanes) is 2. The van der Waals surface area contributed by atoms with Crippen LogP contribution < -0.4 is 90.8 Å². The van der Waals surface area contributed by atoms with E-state index >= 15 is 0 Å². The molecule has 13 heavy (non-hydrogen) atoms. The summed E-state index contributed by atoms with van der Waals surface area (Å²) in [4.78, 5) is 0. The Balaban J connectivity index is -0.0000000533. The molecule has 76 valence electrons. The predicted octanol–water partition coefficient (Wildman–Crippen LogP) is -8.86. The second-order valence-corrected chi connectivity index (χ2v) is 6.74. The van der Waals surface area contributed by atoms with Crippen molar-refractivity contribution in [3.05, 3.63) is 0 Å². The minimum absolute atomic E-state index is 0. The fourth-order valence-corrected chi connectivity index (χ4v) is 4.89. The van der Waals surface area contributed by atoms with Crippen molar-refractivity contribution in [1.82, 2.24) is 0 Å². The van der Waals surface area contributed by atoms with E-state index in [0.29, 0.717) is 0 Å². The van der Waals surface area contributed by atoms with Crippen LogP contribution in [0.15, 0.2) is 0 Å². The van der Waals surface area contributed by atoms with Crippen LogP contribution in [-0.2, 0) is 0 Å². The average Bonchev–Trinajstić information content (AvgIpc) is 1.89. The molecule has 5 heteroatoms. The van der Waals surface area contributed by atoms with Crippen LogP contribution in [0.1, 0.15) is 39.5 Å². The van der Waals surface area contributed by atoms with E-state index in [2.05, 4.69) is 13.8 Å². The van der Waals surface area contributed by atoms with Crippen molar-refractivity contribution in [2.24, 2.45) is 0 Å². The average molecular weight is 621 g/mol. The third-order valence-corrected chi connectivity index (χ3v) is 5.45. The Kier molecular flexibility index (Phi) is 68.3. The molecule has 0 aliphatic heterocycles. The zero-order valence-corrected chi connectivity index (χ0v) is 18.2. The van der Waals surface area contributed by atoms with Gasteiger partial charge in [0.2, 0.25) is 0 Å². The Labute approximate surface area is 157 Å². The quantitative estimate of drug-likeness (QED) is 0.157. The first-order chi connectivity index (χ1) is 4.41. The van der Waals surface area contributed by atoms with Gasteiger partial charge in [0, 0.05) is 0 Å². The summed E-state index contributed by atoms with van der Waals surface area (Å²) in [5.74, 6) is 0. The SMILES string of the molecule is CCC[CH2][Sn+2][CH2]CCC.[I-].[I-].[I-].[Li+]. The minimum Gasteiger partial charge on any atom is -1.00 e. The molecule has 0 radical (unpaired) electrons. The standard InChI is InChI=1S/2C4H9.3HI.Li.Sn/c2*1-3-4-2;;;;;/h2*1,3-4H2,2H3;3*1H;;/q;;;;;+1;+2/p-3.